The van der Waals surface area contributed by atoms with Crippen molar-refractivity contribution in [2.75, 3.05) is 26.2 Å². The van der Waals surface area contributed by atoms with Crippen molar-refractivity contribution in [3.8, 4) is 0 Å². The molecule has 2 rings (SSSR count). The van der Waals surface area contributed by atoms with Gasteiger partial charge in [-0.2, -0.15) is 0 Å². The van der Waals surface area contributed by atoms with Gasteiger partial charge in [-0.05, 0) is 81.6 Å². The Kier molecular flexibility index (Phi) is 7.58. The van der Waals surface area contributed by atoms with Gasteiger partial charge < -0.3 is 16.4 Å². The molecule has 20 heavy (non-hydrogen) atoms. The molecular weight excluding hydrogens is 266 g/mol. The van der Waals surface area contributed by atoms with Crippen LogP contribution in [0.25, 0.3) is 0 Å². The van der Waals surface area contributed by atoms with Gasteiger partial charge in [-0.3, -0.25) is 0 Å². The lowest BCUT2D eigenvalue weighted by atomic mass is 9.82. The Balaban J connectivity index is 1.40. The van der Waals surface area contributed by atoms with E-state index >= 15 is 0 Å². The van der Waals surface area contributed by atoms with Crippen molar-refractivity contribution in [1.29, 1.82) is 0 Å². The van der Waals surface area contributed by atoms with E-state index in [2.05, 4.69) is 28.1 Å². The van der Waals surface area contributed by atoms with Crippen molar-refractivity contribution in [2.45, 2.75) is 38.6 Å². The van der Waals surface area contributed by atoms with E-state index in [0.29, 0.717) is 0 Å². The number of nitrogens with two attached hydrogens (primary N) is 1. The third-order valence-electron chi connectivity index (χ3n) is 4.32. The average Bonchev–Trinajstić information content (AvgIpc) is 3.00. The topological polar surface area (TPSA) is 50.1 Å². The second-order valence-corrected chi connectivity index (χ2v) is 6.97. The second kappa shape index (κ2) is 9.50. The highest BCUT2D eigenvalue weighted by Gasteiger charge is 2.19. The molecule has 3 nitrogen and oxygen atoms in total. The maximum absolute atomic E-state index is 5.73. The minimum Gasteiger partial charge on any atom is -0.330 e. The van der Waals surface area contributed by atoms with E-state index in [1.807, 2.05) is 11.3 Å². The molecule has 0 unspecified atom stereocenters. The molecular formula is C16H29N3S. The summed E-state index contributed by atoms with van der Waals surface area (Å²) in [6.45, 7) is 5.33. The first kappa shape index (κ1) is 16.0. The summed E-state index contributed by atoms with van der Waals surface area (Å²) in [6.07, 6.45) is 6.62. The molecule has 0 radical (unpaired) electrons. The molecule has 0 atom stereocenters. The monoisotopic (exact) mass is 295 g/mol. The van der Waals surface area contributed by atoms with E-state index in [-0.39, 0.29) is 0 Å². The van der Waals surface area contributed by atoms with E-state index in [0.717, 1.165) is 38.0 Å². The van der Waals surface area contributed by atoms with Crippen LogP contribution in [0.1, 0.15) is 37.0 Å². The van der Waals surface area contributed by atoms with Crippen LogP contribution in [-0.2, 0) is 6.54 Å². The molecule has 1 aliphatic carbocycles. The molecule has 1 saturated carbocycles. The highest BCUT2D eigenvalue weighted by molar-refractivity contribution is 7.09. The summed E-state index contributed by atoms with van der Waals surface area (Å²) in [4.78, 5) is 1.43. The molecule has 0 bridgehead atoms. The van der Waals surface area contributed by atoms with Gasteiger partial charge >= 0.3 is 0 Å². The lowest BCUT2D eigenvalue weighted by Gasteiger charge is -2.27. The highest BCUT2D eigenvalue weighted by Crippen LogP contribution is 2.27. The fourth-order valence-electron chi connectivity index (χ4n) is 2.94. The van der Waals surface area contributed by atoms with Gasteiger partial charge in [0.1, 0.15) is 0 Å². The predicted octanol–water partition coefficient (Wildman–Crippen LogP) is 2.58. The van der Waals surface area contributed by atoms with Crippen LogP contribution in [0.15, 0.2) is 17.5 Å². The van der Waals surface area contributed by atoms with E-state index in [1.54, 1.807) is 0 Å². The number of hydrogen-bond donors (Lipinski definition) is 3. The molecule has 0 aromatic carbocycles. The molecule has 4 N–H and O–H groups in total. The fourth-order valence-corrected chi connectivity index (χ4v) is 3.62. The van der Waals surface area contributed by atoms with Crippen LogP contribution in [0.3, 0.4) is 0 Å². The van der Waals surface area contributed by atoms with Crippen LogP contribution in [0.2, 0.25) is 0 Å². The van der Waals surface area contributed by atoms with Crippen molar-refractivity contribution >= 4 is 11.3 Å². The van der Waals surface area contributed by atoms with E-state index in [1.165, 1.54) is 43.5 Å². The van der Waals surface area contributed by atoms with E-state index in [4.69, 9.17) is 5.73 Å². The Hall–Kier alpha value is -0.420. The van der Waals surface area contributed by atoms with E-state index < -0.39 is 0 Å². The van der Waals surface area contributed by atoms with Gasteiger partial charge in [0.05, 0.1) is 0 Å². The Labute approximate surface area is 127 Å². The van der Waals surface area contributed by atoms with Gasteiger partial charge in [-0.1, -0.05) is 6.07 Å². The van der Waals surface area contributed by atoms with Crippen molar-refractivity contribution in [3.05, 3.63) is 22.4 Å². The number of nitrogens with one attached hydrogen (secondary N) is 2. The minimum absolute atomic E-state index is 0.799. The summed E-state index contributed by atoms with van der Waals surface area (Å²) in [7, 11) is 0. The SMILES string of the molecule is NCC1CCC(CNCCCNCc2cccs2)CC1. The molecule has 0 saturated heterocycles. The van der Waals surface area contributed by atoms with Crippen LogP contribution in [0.5, 0.6) is 0 Å². The standard InChI is InChI=1S/C16H29N3S/c17-11-14-4-6-15(7-5-14)12-18-8-2-9-19-13-16-3-1-10-20-16/h1,3,10,14-15,18-19H,2,4-9,11-13,17H2. The van der Waals surface area contributed by atoms with Gasteiger partial charge in [0, 0.05) is 11.4 Å². The molecule has 1 aliphatic rings. The van der Waals surface area contributed by atoms with Crippen LogP contribution in [0, 0.1) is 11.8 Å². The van der Waals surface area contributed by atoms with Crippen molar-refractivity contribution < 1.29 is 0 Å². The molecule has 0 amide bonds. The van der Waals surface area contributed by atoms with Crippen molar-refractivity contribution in [1.82, 2.24) is 10.6 Å². The first-order chi connectivity index (χ1) is 9.88. The first-order valence-corrected chi connectivity index (χ1v) is 8.90. The summed E-state index contributed by atoms with van der Waals surface area (Å²) >= 11 is 1.82. The summed E-state index contributed by atoms with van der Waals surface area (Å²) in [5.74, 6) is 1.68. The number of hydrogen-bond acceptors (Lipinski definition) is 4. The molecule has 0 spiro atoms. The van der Waals surface area contributed by atoms with Crippen LogP contribution >= 0.6 is 11.3 Å². The maximum atomic E-state index is 5.73. The zero-order chi connectivity index (χ0) is 14.0. The van der Waals surface area contributed by atoms with Crippen molar-refractivity contribution in [3.63, 3.8) is 0 Å². The number of rotatable bonds is 9. The van der Waals surface area contributed by atoms with Gasteiger partial charge in [0.2, 0.25) is 0 Å². The summed E-state index contributed by atoms with van der Waals surface area (Å²) in [5.41, 5.74) is 5.73. The zero-order valence-electron chi connectivity index (χ0n) is 12.4. The van der Waals surface area contributed by atoms with Gasteiger partial charge in [0.15, 0.2) is 0 Å². The smallest absolute Gasteiger partial charge is 0.0299 e. The number of thiophene rings is 1. The quantitative estimate of drug-likeness (QED) is 0.614. The maximum Gasteiger partial charge on any atom is 0.0299 e. The minimum atomic E-state index is 0.799. The normalized spacial score (nSPS) is 23.1. The van der Waals surface area contributed by atoms with Gasteiger partial charge in [-0.25, -0.2) is 0 Å². The lowest BCUT2D eigenvalue weighted by molar-refractivity contribution is 0.272. The van der Waals surface area contributed by atoms with E-state index in [9.17, 15) is 0 Å². The first-order valence-electron chi connectivity index (χ1n) is 8.02. The molecule has 114 valence electrons. The average molecular weight is 295 g/mol. The van der Waals surface area contributed by atoms with Crippen LogP contribution < -0.4 is 16.4 Å². The Morgan fingerprint density at radius 2 is 1.85 bits per heavy atom. The molecule has 1 heterocycles. The summed E-state index contributed by atoms with van der Waals surface area (Å²) in [6, 6.07) is 4.30. The third kappa shape index (κ3) is 5.92. The van der Waals surface area contributed by atoms with Gasteiger partial charge in [0.25, 0.3) is 0 Å². The Bertz CT molecular complexity index is 332. The summed E-state index contributed by atoms with van der Waals surface area (Å²) < 4.78 is 0. The molecule has 4 heteroatoms. The zero-order valence-corrected chi connectivity index (χ0v) is 13.3. The molecule has 1 aromatic rings. The van der Waals surface area contributed by atoms with Crippen LogP contribution in [0.4, 0.5) is 0 Å². The molecule has 1 aromatic heterocycles. The largest absolute Gasteiger partial charge is 0.330 e. The summed E-state index contributed by atoms with van der Waals surface area (Å²) in [5, 5.41) is 9.25. The second-order valence-electron chi connectivity index (χ2n) is 5.94. The Morgan fingerprint density at radius 3 is 2.55 bits per heavy atom. The fraction of sp³-hybridized carbons (Fsp3) is 0.750. The highest BCUT2D eigenvalue weighted by atomic mass is 32.1. The lowest BCUT2D eigenvalue weighted by Crippen LogP contribution is -2.30. The third-order valence-corrected chi connectivity index (χ3v) is 5.20. The van der Waals surface area contributed by atoms with Crippen LogP contribution in [-0.4, -0.2) is 26.2 Å². The molecule has 1 fully saturated rings. The predicted molar refractivity (Wildman–Crippen MR) is 88.0 cm³/mol. The van der Waals surface area contributed by atoms with Gasteiger partial charge in [-0.15, -0.1) is 11.3 Å². The molecule has 0 aliphatic heterocycles. The Morgan fingerprint density at radius 1 is 1.10 bits per heavy atom. The van der Waals surface area contributed by atoms with Crippen molar-refractivity contribution in [2.24, 2.45) is 17.6 Å².